The number of pyridine rings is 1. The number of alkyl halides is 3. The van der Waals surface area contributed by atoms with Gasteiger partial charge in [0.25, 0.3) is 0 Å². The normalized spacial score (nSPS) is 11.7. The molecule has 2 heterocycles. The minimum atomic E-state index is -4.50. The van der Waals surface area contributed by atoms with Crippen LogP contribution in [-0.2, 0) is 11.0 Å². The maximum atomic E-state index is 13.0. The Hall–Kier alpha value is -2.90. The van der Waals surface area contributed by atoms with Crippen LogP contribution in [0, 0.1) is 6.92 Å². The van der Waals surface area contributed by atoms with Gasteiger partial charge in [-0.1, -0.05) is 6.07 Å². The molecule has 3 rings (SSSR count). The van der Waals surface area contributed by atoms with Gasteiger partial charge in [-0.3, -0.25) is 4.79 Å². The number of aryl methyl sites for hydroxylation is 1. The Morgan fingerprint density at radius 1 is 1.21 bits per heavy atom. The van der Waals surface area contributed by atoms with E-state index in [0.717, 1.165) is 17.7 Å². The van der Waals surface area contributed by atoms with Crippen LogP contribution in [0.15, 0.2) is 36.7 Å². The van der Waals surface area contributed by atoms with Crippen molar-refractivity contribution in [2.24, 2.45) is 0 Å². The average molecular weight is 334 g/mol. The molecule has 0 atom stereocenters. The number of rotatable bonds is 2. The minimum absolute atomic E-state index is 0.0692. The summed E-state index contributed by atoms with van der Waals surface area (Å²) < 4.78 is 40.4. The fraction of sp³-hybridized carbons (Fsp3) is 0.188. The Balaban J connectivity index is 2.25. The quantitative estimate of drug-likeness (QED) is 0.778. The van der Waals surface area contributed by atoms with E-state index in [9.17, 15) is 18.0 Å². The van der Waals surface area contributed by atoms with Crippen LogP contribution in [0.1, 0.15) is 18.1 Å². The highest BCUT2D eigenvalue weighted by Gasteiger charge is 2.31. The number of fused-ring (bicyclic) bond motifs is 1. The van der Waals surface area contributed by atoms with Crippen molar-refractivity contribution in [2.75, 3.05) is 5.32 Å². The van der Waals surface area contributed by atoms with E-state index in [2.05, 4.69) is 15.4 Å². The van der Waals surface area contributed by atoms with Gasteiger partial charge < -0.3 is 5.32 Å². The molecule has 124 valence electrons. The summed E-state index contributed by atoms with van der Waals surface area (Å²) in [6, 6.07) is 6.80. The van der Waals surface area contributed by atoms with Crippen molar-refractivity contribution in [3.63, 3.8) is 0 Å². The number of nitrogens with zero attached hydrogens (tertiary/aromatic N) is 3. The first-order valence-electron chi connectivity index (χ1n) is 7.05. The van der Waals surface area contributed by atoms with E-state index in [1.807, 2.05) is 6.92 Å². The van der Waals surface area contributed by atoms with Crippen LogP contribution in [0.2, 0.25) is 0 Å². The van der Waals surface area contributed by atoms with E-state index in [0.29, 0.717) is 16.9 Å². The molecular formula is C16H13F3N4O. The number of halogens is 3. The molecule has 0 aliphatic rings. The summed E-state index contributed by atoms with van der Waals surface area (Å²) in [5.41, 5.74) is 1.65. The number of hydrogen-bond acceptors (Lipinski definition) is 3. The lowest BCUT2D eigenvalue weighted by atomic mass is 10.0. The second-order valence-electron chi connectivity index (χ2n) is 5.39. The molecule has 2 aromatic heterocycles. The molecule has 1 aromatic carbocycles. The van der Waals surface area contributed by atoms with Crippen LogP contribution >= 0.6 is 0 Å². The van der Waals surface area contributed by atoms with E-state index in [1.54, 1.807) is 12.1 Å². The van der Waals surface area contributed by atoms with Gasteiger partial charge in [0.05, 0.1) is 16.9 Å². The fourth-order valence-electron chi connectivity index (χ4n) is 2.49. The lowest BCUT2D eigenvalue weighted by molar-refractivity contribution is -0.137. The molecule has 0 radical (unpaired) electrons. The monoisotopic (exact) mass is 334 g/mol. The van der Waals surface area contributed by atoms with Gasteiger partial charge in [0, 0.05) is 12.5 Å². The predicted octanol–water partition coefficient (Wildman–Crippen LogP) is 3.68. The second kappa shape index (κ2) is 5.63. The molecule has 3 aromatic rings. The Labute approximate surface area is 135 Å². The van der Waals surface area contributed by atoms with Gasteiger partial charge in [-0.2, -0.15) is 18.3 Å². The molecule has 5 nitrogen and oxygen atoms in total. The Morgan fingerprint density at radius 3 is 2.62 bits per heavy atom. The molecule has 0 fully saturated rings. The van der Waals surface area contributed by atoms with Crippen molar-refractivity contribution in [1.82, 2.24) is 14.6 Å². The molecule has 0 bridgehead atoms. The van der Waals surface area contributed by atoms with Crippen molar-refractivity contribution in [1.29, 1.82) is 0 Å². The van der Waals surface area contributed by atoms with Gasteiger partial charge in [-0.15, -0.1) is 0 Å². The van der Waals surface area contributed by atoms with Crippen LogP contribution in [-0.4, -0.2) is 20.5 Å². The number of benzene rings is 1. The molecule has 1 amide bonds. The molecule has 0 saturated carbocycles. The molecular weight excluding hydrogens is 321 g/mol. The summed E-state index contributed by atoms with van der Waals surface area (Å²) in [4.78, 5) is 15.5. The smallest absolute Gasteiger partial charge is 0.326 e. The van der Waals surface area contributed by atoms with Crippen LogP contribution in [0.5, 0.6) is 0 Å². The second-order valence-corrected chi connectivity index (χ2v) is 5.39. The van der Waals surface area contributed by atoms with Gasteiger partial charge in [-0.25, -0.2) is 9.50 Å². The maximum absolute atomic E-state index is 13.0. The summed E-state index contributed by atoms with van der Waals surface area (Å²) in [6.45, 7) is 3.09. The van der Waals surface area contributed by atoms with Crippen molar-refractivity contribution >= 4 is 17.2 Å². The minimum Gasteiger partial charge on any atom is -0.326 e. The lowest BCUT2D eigenvalue weighted by Crippen LogP contribution is -2.11. The number of anilines is 1. The summed E-state index contributed by atoms with van der Waals surface area (Å²) in [7, 11) is 0. The maximum Gasteiger partial charge on any atom is 0.416 e. The Bertz CT molecular complexity index is 931. The van der Waals surface area contributed by atoms with Gasteiger partial charge >= 0.3 is 6.18 Å². The third kappa shape index (κ3) is 2.94. The zero-order valence-electron chi connectivity index (χ0n) is 12.8. The number of nitrogens with one attached hydrogen (secondary N) is 1. The summed E-state index contributed by atoms with van der Waals surface area (Å²) in [6.07, 6.45) is -3.14. The predicted molar refractivity (Wildman–Crippen MR) is 82.5 cm³/mol. The fourth-order valence-corrected chi connectivity index (χ4v) is 2.49. The average Bonchev–Trinajstić information content (AvgIpc) is 2.93. The van der Waals surface area contributed by atoms with Gasteiger partial charge in [-0.05, 0) is 36.8 Å². The lowest BCUT2D eigenvalue weighted by Gasteiger charge is -2.15. The van der Waals surface area contributed by atoms with Crippen molar-refractivity contribution < 1.29 is 18.0 Å². The summed E-state index contributed by atoms with van der Waals surface area (Å²) in [5, 5.41) is 6.56. The van der Waals surface area contributed by atoms with Crippen molar-refractivity contribution in [2.45, 2.75) is 20.0 Å². The van der Waals surface area contributed by atoms with Crippen molar-refractivity contribution in [3.05, 3.63) is 47.8 Å². The van der Waals surface area contributed by atoms with E-state index in [-0.39, 0.29) is 5.69 Å². The van der Waals surface area contributed by atoms with Crippen LogP contribution in [0.4, 0.5) is 18.9 Å². The van der Waals surface area contributed by atoms with E-state index >= 15 is 0 Å². The Morgan fingerprint density at radius 2 is 1.96 bits per heavy atom. The topological polar surface area (TPSA) is 59.3 Å². The van der Waals surface area contributed by atoms with E-state index in [4.69, 9.17) is 0 Å². The molecule has 0 saturated heterocycles. The van der Waals surface area contributed by atoms with Gasteiger partial charge in [0.15, 0.2) is 5.65 Å². The first-order chi connectivity index (χ1) is 11.3. The standard InChI is InChI=1S/C16H13F3N4O/c1-9-5-14(23-15(6-9)20-8-21-23)12-4-3-11(16(17,18)19)7-13(12)22-10(2)24/h3-8H,1-2H3,(H,22,24). The van der Waals surface area contributed by atoms with Crippen LogP contribution < -0.4 is 5.32 Å². The largest absolute Gasteiger partial charge is 0.416 e. The van der Waals surface area contributed by atoms with E-state index in [1.165, 1.54) is 23.8 Å². The highest BCUT2D eigenvalue weighted by Crippen LogP contribution is 2.36. The molecule has 8 heteroatoms. The third-order valence-electron chi connectivity index (χ3n) is 3.46. The molecule has 0 aliphatic carbocycles. The molecule has 1 N–H and O–H groups in total. The molecule has 24 heavy (non-hydrogen) atoms. The molecule has 0 spiro atoms. The number of carbonyl (C=O) groups is 1. The zero-order valence-corrected chi connectivity index (χ0v) is 12.8. The van der Waals surface area contributed by atoms with Crippen LogP contribution in [0.25, 0.3) is 16.9 Å². The highest BCUT2D eigenvalue weighted by molar-refractivity contribution is 5.94. The summed E-state index contributed by atoms with van der Waals surface area (Å²) in [5.74, 6) is -0.460. The zero-order chi connectivity index (χ0) is 17.5. The highest BCUT2D eigenvalue weighted by atomic mass is 19.4. The van der Waals surface area contributed by atoms with Crippen molar-refractivity contribution in [3.8, 4) is 11.3 Å². The number of carbonyl (C=O) groups excluding carboxylic acids is 1. The van der Waals surface area contributed by atoms with Gasteiger partial charge in [0.2, 0.25) is 5.91 Å². The summed E-state index contributed by atoms with van der Waals surface area (Å²) >= 11 is 0. The van der Waals surface area contributed by atoms with E-state index < -0.39 is 17.6 Å². The van der Waals surface area contributed by atoms with Crippen LogP contribution in [0.3, 0.4) is 0 Å². The first kappa shape index (κ1) is 16.0. The third-order valence-corrected chi connectivity index (χ3v) is 3.46. The Kier molecular flexibility index (Phi) is 3.75. The number of amides is 1. The first-order valence-corrected chi connectivity index (χ1v) is 7.05. The number of hydrogen-bond donors (Lipinski definition) is 1. The number of aromatic nitrogens is 3. The van der Waals surface area contributed by atoms with Gasteiger partial charge in [0.1, 0.15) is 6.33 Å². The molecule has 0 unspecified atom stereocenters. The SMILES string of the molecule is CC(=O)Nc1cc(C(F)(F)F)ccc1-c1cc(C)cc2ncnn12. The molecule has 0 aliphatic heterocycles.